The minimum atomic E-state index is -0.222. The molecule has 0 aliphatic carbocycles. The zero-order valence-corrected chi connectivity index (χ0v) is 8.65. The van der Waals surface area contributed by atoms with Gasteiger partial charge in [0.05, 0.1) is 18.8 Å². The highest BCUT2D eigenvalue weighted by Gasteiger charge is 2.27. The summed E-state index contributed by atoms with van der Waals surface area (Å²) in [6.07, 6.45) is 5.42. The third-order valence-corrected chi connectivity index (χ3v) is 3.29. The van der Waals surface area contributed by atoms with Gasteiger partial charge < -0.3 is 14.6 Å². The second-order valence-corrected chi connectivity index (χ2v) is 4.42. The molecule has 3 atom stereocenters. The number of hydrogen-bond donors (Lipinski definition) is 1. The summed E-state index contributed by atoms with van der Waals surface area (Å²) in [4.78, 5) is 0. The Labute approximate surface area is 85.4 Å². The second-order valence-electron chi connectivity index (χ2n) is 4.42. The van der Waals surface area contributed by atoms with E-state index in [1.54, 1.807) is 0 Å². The summed E-state index contributed by atoms with van der Waals surface area (Å²) in [5.74, 6) is 0.348. The smallest absolute Gasteiger partial charge is 0.0615 e. The van der Waals surface area contributed by atoms with Crippen LogP contribution in [0.3, 0.4) is 0 Å². The first-order valence-corrected chi connectivity index (χ1v) is 5.73. The van der Waals surface area contributed by atoms with Crippen molar-refractivity contribution in [1.29, 1.82) is 0 Å². The molecular weight excluding hydrogens is 180 g/mol. The normalized spacial score (nSPS) is 35.8. The van der Waals surface area contributed by atoms with Crippen molar-refractivity contribution >= 4 is 0 Å². The van der Waals surface area contributed by atoms with Gasteiger partial charge in [-0.25, -0.2) is 0 Å². The van der Waals surface area contributed by atoms with E-state index >= 15 is 0 Å². The lowest BCUT2D eigenvalue weighted by Crippen LogP contribution is -2.29. The van der Waals surface area contributed by atoms with Crippen LogP contribution in [-0.4, -0.2) is 37.1 Å². The van der Waals surface area contributed by atoms with E-state index in [-0.39, 0.29) is 6.10 Å². The molecule has 2 heterocycles. The first-order valence-electron chi connectivity index (χ1n) is 5.73. The van der Waals surface area contributed by atoms with Crippen molar-refractivity contribution in [2.45, 2.75) is 44.3 Å². The van der Waals surface area contributed by atoms with Crippen molar-refractivity contribution in [2.24, 2.45) is 5.92 Å². The van der Waals surface area contributed by atoms with Gasteiger partial charge in [0.1, 0.15) is 0 Å². The van der Waals surface area contributed by atoms with Crippen molar-refractivity contribution in [3.63, 3.8) is 0 Å². The SMILES string of the molecule is OC(CC1CCCCO1)C1CCOC1. The fourth-order valence-corrected chi connectivity index (χ4v) is 2.31. The van der Waals surface area contributed by atoms with Crippen LogP contribution in [0.1, 0.15) is 32.1 Å². The molecule has 2 saturated heterocycles. The Morgan fingerprint density at radius 1 is 1.21 bits per heavy atom. The maximum absolute atomic E-state index is 9.94. The lowest BCUT2D eigenvalue weighted by Gasteiger charge is -2.26. The highest BCUT2D eigenvalue weighted by Crippen LogP contribution is 2.24. The van der Waals surface area contributed by atoms with Crippen LogP contribution in [0.4, 0.5) is 0 Å². The zero-order chi connectivity index (χ0) is 9.80. The minimum absolute atomic E-state index is 0.222. The Bertz CT molecular complexity index is 160. The number of aliphatic hydroxyl groups is 1. The Morgan fingerprint density at radius 3 is 2.79 bits per heavy atom. The molecule has 2 fully saturated rings. The van der Waals surface area contributed by atoms with Gasteiger partial charge >= 0.3 is 0 Å². The molecule has 0 saturated carbocycles. The predicted molar refractivity (Wildman–Crippen MR) is 53.1 cm³/mol. The topological polar surface area (TPSA) is 38.7 Å². The molecule has 0 amide bonds. The van der Waals surface area contributed by atoms with Crippen LogP contribution in [-0.2, 0) is 9.47 Å². The van der Waals surface area contributed by atoms with E-state index in [1.807, 2.05) is 0 Å². The summed E-state index contributed by atoms with van der Waals surface area (Å²) in [7, 11) is 0. The Balaban J connectivity index is 1.72. The number of hydrogen-bond acceptors (Lipinski definition) is 3. The molecule has 2 aliphatic rings. The first-order chi connectivity index (χ1) is 6.86. The van der Waals surface area contributed by atoms with Crippen LogP contribution in [0.5, 0.6) is 0 Å². The number of rotatable bonds is 3. The number of ether oxygens (including phenoxy) is 2. The molecule has 0 aromatic carbocycles. The van der Waals surface area contributed by atoms with E-state index in [9.17, 15) is 5.11 Å². The van der Waals surface area contributed by atoms with Gasteiger partial charge in [0.2, 0.25) is 0 Å². The second kappa shape index (κ2) is 5.10. The highest BCUT2D eigenvalue weighted by atomic mass is 16.5. The third kappa shape index (κ3) is 2.69. The van der Waals surface area contributed by atoms with Crippen LogP contribution >= 0.6 is 0 Å². The molecule has 0 radical (unpaired) electrons. The van der Waals surface area contributed by atoms with E-state index in [4.69, 9.17) is 9.47 Å². The summed E-state index contributed by atoms with van der Waals surface area (Å²) in [5, 5.41) is 9.94. The molecule has 1 N–H and O–H groups in total. The molecule has 2 rings (SSSR count). The van der Waals surface area contributed by atoms with Gasteiger partial charge in [0, 0.05) is 19.1 Å². The largest absolute Gasteiger partial charge is 0.393 e. The number of aliphatic hydroxyl groups excluding tert-OH is 1. The van der Waals surface area contributed by atoms with Crippen molar-refractivity contribution < 1.29 is 14.6 Å². The summed E-state index contributed by atoms with van der Waals surface area (Å²) >= 11 is 0. The Kier molecular flexibility index (Phi) is 3.79. The van der Waals surface area contributed by atoms with Gasteiger partial charge in [-0.15, -0.1) is 0 Å². The van der Waals surface area contributed by atoms with E-state index < -0.39 is 0 Å². The van der Waals surface area contributed by atoms with Gasteiger partial charge in [-0.1, -0.05) is 0 Å². The summed E-state index contributed by atoms with van der Waals surface area (Å²) in [6.45, 7) is 2.42. The predicted octanol–water partition coefficient (Wildman–Crippen LogP) is 1.34. The van der Waals surface area contributed by atoms with Gasteiger partial charge in [0.15, 0.2) is 0 Å². The minimum Gasteiger partial charge on any atom is -0.393 e. The molecule has 0 aromatic heterocycles. The van der Waals surface area contributed by atoms with Crippen LogP contribution in [0.15, 0.2) is 0 Å². The van der Waals surface area contributed by atoms with Crippen molar-refractivity contribution in [3.8, 4) is 0 Å². The van der Waals surface area contributed by atoms with E-state index in [1.165, 1.54) is 12.8 Å². The average molecular weight is 200 g/mol. The molecule has 3 heteroatoms. The van der Waals surface area contributed by atoms with Crippen LogP contribution < -0.4 is 0 Å². The lowest BCUT2D eigenvalue weighted by atomic mass is 9.94. The Morgan fingerprint density at radius 2 is 2.14 bits per heavy atom. The maximum Gasteiger partial charge on any atom is 0.0615 e. The summed E-state index contributed by atoms with van der Waals surface area (Å²) in [6, 6.07) is 0. The molecule has 0 spiro atoms. The van der Waals surface area contributed by atoms with Crippen LogP contribution in [0, 0.1) is 5.92 Å². The molecular formula is C11H20O3. The Hall–Kier alpha value is -0.120. The summed E-state index contributed by atoms with van der Waals surface area (Å²) < 4.78 is 10.9. The van der Waals surface area contributed by atoms with Crippen molar-refractivity contribution in [2.75, 3.05) is 19.8 Å². The van der Waals surface area contributed by atoms with E-state index in [0.29, 0.717) is 12.0 Å². The molecule has 14 heavy (non-hydrogen) atoms. The standard InChI is InChI=1S/C11H20O3/c12-11(9-4-6-13-8-9)7-10-3-1-2-5-14-10/h9-12H,1-8H2. The van der Waals surface area contributed by atoms with Gasteiger partial charge in [-0.3, -0.25) is 0 Å². The van der Waals surface area contributed by atoms with Gasteiger partial charge in [-0.05, 0) is 32.1 Å². The van der Waals surface area contributed by atoms with Gasteiger partial charge in [-0.2, -0.15) is 0 Å². The average Bonchev–Trinajstić information content (AvgIpc) is 2.72. The maximum atomic E-state index is 9.94. The monoisotopic (exact) mass is 200 g/mol. The zero-order valence-electron chi connectivity index (χ0n) is 8.65. The molecule has 82 valence electrons. The fraction of sp³-hybridized carbons (Fsp3) is 1.00. The van der Waals surface area contributed by atoms with Crippen molar-refractivity contribution in [1.82, 2.24) is 0 Å². The van der Waals surface area contributed by atoms with Crippen LogP contribution in [0.2, 0.25) is 0 Å². The summed E-state index contributed by atoms with van der Waals surface area (Å²) in [5.41, 5.74) is 0. The highest BCUT2D eigenvalue weighted by molar-refractivity contribution is 4.77. The fourth-order valence-electron chi connectivity index (χ4n) is 2.31. The molecule has 0 bridgehead atoms. The molecule has 0 aromatic rings. The van der Waals surface area contributed by atoms with E-state index in [2.05, 4.69) is 0 Å². The van der Waals surface area contributed by atoms with Crippen molar-refractivity contribution in [3.05, 3.63) is 0 Å². The molecule has 3 unspecified atom stereocenters. The third-order valence-electron chi connectivity index (χ3n) is 3.29. The quantitative estimate of drug-likeness (QED) is 0.747. The van der Waals surface area contributed by atoms with Crippen LogP contribution in [0.25, 0.3) is 0 Å². The van der Waals surface area contributed by atoms with E-state index in [0.717, 1.165) is 39.1 Å². The molecule has 3 nitrogen and oxygen atoms in total. The molecule has 2 aliphatic heterocycles. The lowest BCUT2D eigenvalue weighted by molar-refractivity contribution is -0.0282. The van der Waals surface area contributed by atoms with Gasteiger partial charge in [0.25, 0.3) is 0 Å². The first kappa shape index (κ1) is 10.4.